The molecule has 1 aromatic heterocycles. The molecule has 2 heterocycles. The number of carbonyl (C=O) groups is 2. The van der Waals surface area contributed by atoms with E-state index in [1.54, 1.807) is 57.2 Å². The second-order valence-electron chi connectivity index (χ2n) is 10.4. The molecular formula is C35H32Cl2N2O8S. The minimum atomic E-state index is -0.923. The SMILES string of the molecule is CCOC(=O)C1=C(C)N=c2s/c(=C/c3cc(Cl)cc(Cl)c3OCc3ccccc3)c(=O)n2[C@@H]1c1ccc(OCC(=O)OC)c(OCC)c1. The summed E-state index contributed by atoms with van der Waals surface area (Å²) < 4.78 is 29.4. The zero-order valence-corrected chi connectivity index (χ0v) is 28.9. The molecule has 0 bridgehead atoms. The van der Waals surface area contributed by atoms with E-state index in [2.05, 4.69) is 9.73 Å². The molecule has 0 radical (unpaired) electrons. The molecular weight excluding hydrogens is 679 g/mol. The first-order valence-electron chi connectivity index (χ1n) is 15.0. The Bertz CT molecular complexity index is 2060. The molecule has 0 fully saturated rings. The Kier molecular flexibility index (Phi) is 11.3. The highest BCUT2D eigenvalue weighted by Gasteiger charge is 2.34. The standard InChI is InChI=1S/C35H32Cl2N2O8S/c1-5-44-27-15-22(12-13-26(27)46-19-29(40)43-4)31-30(34(42)45-6-2)20(3)38-35-39(31)33(41)28(48-35)16-23-14-24(36)17-25(37)32(23)47-18-21-10-8-7-9-11-21/h7-17,31H,5-6,18-19H2,1-4H3/b28-16+/t31-/m1/s1. The van der Waals surface area contributed by atoms with E-state index in [0.717, 1.165) is 16.9 Å². The number of hydrogen-bond donors (Lipinski definition) is 0. The predicted molar refractivity (Wildman–Crippen MR) is 183 cm³/mol. The number of methoxy groups -OCH3 is 1. The van der Waals surface area contributed by atoms with Crippen molar-refractivity contribution in [2.24, 2.45) is 4.99 Å². The van der Waals surface area contributed by atoms with Crippen LogP contribution in [-0.4, -0.2) is 43.4 Å². The zero-order valence-electron chi connectivity index (χ0n) is 26.6. The molecule has 4 aromatic rings. The lowest BCUT2D eigenvalue weighted by Gasteiger charge is -2.25. The monoisotopic (exact) mass is 710 g/mol. The van der Waals surface area contributed by atoms with E-state index in [1.807, 2.05) is 30.3 Å². The van der Waals surface area contributed by atoms with Crippen LogP contribution in [0.2, 0.25) is 10.0 Å². The summed E-state index contributed by atoms with van der Waals surface area (Å²) in [6, 6.07) is 16.9. The Morgan fingerprint density at radius 1 is 0.979 bits per heavy atom. The number of benzene rings is 3. The van der Waals surface area contributed by atoms with E-state index >= 15 is 0 Å². The highest BCUT2D eigenvalue weighted by Crippen LogP contribution is 2.37. The van der Waals surface area contributed by atoms with Gasteiger partial charge in [-0.25, -0.2) is 14.6 Å². The number of ether oxygens (including phenoxy) is 5. The number of allylic oxidation sites excluding steroid dienone is 1. The number of rotatable bonds is 12. The third-order valence-electron chi connectivity index (χ3n) is 7.22. The van der Waals surface area contributed by atoms with Crippen molar-refractivity contribution < 1.29 is 33.3 Å². The van der Waals surface area contributed by atoms with Crippen molar-refractivity contribution in [3.05, 3.63) is 118 Å². The number of aromatic nitrogens is 1. The molecule has 1 atom stereocenters. The lowest BCUT2D eigenvalue weighted by atomic mass is 9.95. The molecule has 0 N–H and O–H groups in total. The van der Waals surface area contributed by atoms with Gasteiger partial charge in [0.25, 0.3) is 5.56 Å². The number of nitrogens with zero attached hydrogens (tertiary/aromatic N) is 2. The van der Waals surface area contributed by atoms with Gasteiger partial charge < -0.3 is 23.7 Å². The third-order valence-corrected chi connectivity index (χ3v) is 8.71. The summed E-state index contributed by atoms with van der Waals surface area (Å²) in [7, 11) is 1.26. The Labute approximate surface area is 290 Å². The second kappa shape index (κ2) is 15.5. The van der Waals surface area contributed by atoms with Crippen molar-refractivity contribution >= 4 is 52.6 Å². The van der Waals surface area contributed by atoms with Crippen LogP contribution >= 0.6 is 34.5 Å². The summed E-state index contributed by atoms with van der Waals surface area (Å²) in [4.78, 5) is 44.4. The first-order valence-corrected chi connectivity index (χ1v) is 16.5. The van der Waals surface area contributed by atoms with Crippen LogP contribution in [0.4, 0.5) is 0 Å². The van der Waals surface area contributed by atoms with Crippen LogP contribution in [-0.2, 0) is 25.7 Å². The second-order valence-corrected chi connectivity index (χ2v) is 12.2. The fourth-order valence-corrected chi connectivity index (χ4v) is 6.70. The molecule has 0 aliphatic carbocycles. The Hall–Kier alpha value is -4.58. The molecule has 0 spiro atoms. The van der Waals surface area contributed by atoms with Gasteiger partial charge in [-0.05, 0) is 62.2 Å². The summed E-state index contributed by atoms with van der Waals surface area (Å²) in [5, 5.41) is 0.649. The van der Waals surface area contributed by atoms with E-state index in [-0.39, 0.29) is 42.8 Å². The quantitative estimate of drug-likeness (QED) is 0.174. The van der Waals surface area contributed by atoms with Crippen LogP contribution in [0.5, 0.6) is 17.2 Å². The molecule has 48 heavy (non-hydrogen) atoms. The largest absolute Gasteiger partial charge is 0.490 e. The summed E-state index contributed by atoms with van der Waals surface area (Å²) in [5.41, 5.74) is 2.15. The molecule has 5 rings (SSSR count). The highest BCUT2D eigenvalue weighted by molar-refractivity contribution is 7.07. The topological polar surface area (TPSA) is 115 Å². The number of thiazole rings is 1. The Balaban J connectivity index is 1.65. The Morgan fingerprint density at radius 3 is 2.46 bits per heavy atom. The molecule has 0 unspecified atom stereocenters. The minimum Gasteiger partial charge on any atom is -0.490 e. The molecule has 1 aliphatic rings. The van der Waals surface area contributed by atoms with Crippen molar-refractivity contribution in [3.8, 4) is 17.2 Å². The van der Waals surface area contributed by atoms with Crippen LogP contribution in [0.15, 0.2) is 81.7 Å². The summed E-state index contributed by atoms with van der Waals surface area (Å²) in [5.74, 6) is -0.211. The maximum atomic E-state index is 14.3. The van der Waals surface area contributed by atoms with Crippen LogP contribution < -0.4 is 29.1 Å². The smallest absolute Gasteiger partial charge is 0.343 e. The minimum absolute atomic E-state index is 0.124. The number of carbonyl (C=O) groups excluding carboxylic acids is 2. The molecule has 13 heteroatoms. The maximum Gasteiger partial charge on any atom is 0.343 e. The van der Waals surface area contributed by atoms with Crippen LogP contribution in [0.1, 0.15) is 43.5 Å². The molecule has 0 saturated carbocycles. The fourth-order valence-electron chi connectivity index (χ4n) is 5.10. The molecule has 10 nitrogen and oxygen atoms in total. The normalized spacial score (nSPS) is 14.2. The van der Waals surface area contributed by atoms with Crippen molar-refractivity contribution in [2.45, 2.75) is 33.4 Å². The highest BCUT2D eigenvalue weighted by atomic mass is 35.5. The van der Waals surface area contributed by atoms with Crippen LogP contribution in [0.25, 0.3) is 6.08 Å². The van der Waals surface area contributed by atoms with Crippen molar-refractivity contribution in [1.29, 1.82) is 0 Å². The van der Waals surface area contributed by atoms with Gasteiger partial charge in [-0.2, -0.15) is 0 Å². The van der Waals surface area contributed by atoms with Gasteiger partial charge in [0.15, 0.2) is 22.9 Å². The predicted octanol–water partition coefficient (Wildman–Crippen LogP) is 5.63. The average molecular weight is 712 g/mol. The van der Waals surface area contributed by atoms with Gasteiger partial charge >= 0.3 is 11.9 Å². The van der Waals surface area contributed by atoms with Gasteiger partial charge in [0.1, 0.15) is 12.4 Å². The van der Waals surface area contributed by atoms with E-state index in [4.69, 9.17) is 42.1 Å². The lowest BCUT2D eigenvalue weighted by molar-refractivity contribution is -0.143. The molecule has 0 amide bonds. The first kappa shape index (κ1) is 34.7. The van der Waals surface area contributed by atoms with Crippen LogP contribution in [0, 0.1) is 0 Å². The van der Waals surface area contributed by atoms with E-state index in [0.29, 0.717) is 42.7 Å². The van der Waals surface area contributed by atoms with Gasteiger partial charge in [-0.15, -0.1) is 0 Å². The lowest BCUT2D eigenvalue weighted by Crippen LogP contribution is -2.40. The zero-order chi connectivity index (χ0) is 34.4. The molecule has 250 valence electrons. The number of halogens is 2. The molecule has 3 aromatic carbocycles. The summed E-state index contributed by atoms with van der Waals surface area (Å²) in [6.07, 6.45) is 1.65. The van der Waals surface area contributed by atoms with Gasteiger partial charge in [0.2, 0.25) is 0 Å². The average Bonchev–Trinajstić information content (AvgIpc) is 3.37. The number of esters is 2. The first-order chi connectivity index (χ1) is 23.1. The number of hydrogen-bond acceptors (Lipinski definition) is 10. The van der Waals surface area contributed by atoms with Gasteiger partial charge in [-0.3, -0.25) is 9.36 Å². The van der Waals surface area contributed by atoms with Crippen molar-refractivity contribution in [1.82, 2.24) is 4.57 Å². The fraction of sp³-hybridized carbons (Fsp3) is 0.257. The van der Waals surface area contributed by atoms with Gasteiger partial charge in [0.05, 0.1) is 47.2 Å². The Morgan fingerprint density at radius 2 is 1.75 bits per heavy atom. The van der Waals surface area contributed by atoms with E-state index < -0.39 is 23.5 Å². The van der Waals surface area contributed by atoms with E-state index in [9.17, 15) is 14.4 Å². The van der Waals surface area contributed by atoms with Gasteiger partial charge in [-0.1, -0.05) is 70.9 Å². The molecule has 0 saturated heterocycles. The third kappa shape index (κ3) is 7.59. The molecule has 1 aliphatic heterocycles. The van der Waals surface area contributed by atoms with Gasteiger partial charge in [0, 0.05) is 10.6 Å². The van der Waals surface area contributed by atoms with Crippen molar-refractivity contribution in [2.75, 3.05) is 26.9 Å². The number of fused-ring (bicyclic) bond motifs is 1. The van der Waals surface area contributed by atoms with E-state index in [1.165, 1.54) is 11.7 Å². The van der Waals surface area contributed by atoms with Crippen LogP contribution in [0.3, 0.4) is 0 Å². The summed E-state index contributed by atoms with van der Waals surface area (Å²) >= 11 is 14.1. The maximum absolute atomic E-state index is 14.3. The summed E-state index contributed by atoms with van der Waals surface area (Å²) in [6.45, 7) is 5.52. The van der Waals surface area contributed by atoms with Crippen molar-refractivity contribution in [3.63, 3.8) is 0 Å².